The summed E-state index contributed by atoms with van der Waals surface area (Å²) < 4.78 is 5.20. The molecular weight excluding hydrogens is 346 g/mol. The molecule has 2 aliphatic heterocycles. The highest BCUT2D eigenvalue weighted by Gasteiger charge is 2.63. The Balaban J connectivity index is 2.01. The monoisotopic (exact) mass is 355 g/mol. The van der Waals surface area contributed by atoms with E-state index in [1.807, 2.05) is 0 Å². The van der Waals surface area contributed by atoms with Crippen LogP contribution in [0.3, 0.4) is 0 Å². The van der Waals surface area contributed by atoms with Gasteiger partial charge in [-0.3, -0.25) is 9.59 Å². The number of ether oxygens (including phenoxy) is 1. The molecule has 1 unspecified atom stereocenters. The average molecular weight is 356 g/mol. The van der Waals surface area contributed by atoms with Crippen molar-refractivity contribution in [2.24, 2.45) is 0 Å². The quantitative estimate of drug-likeness (QED) is 0.355. The molecule has 0 aromatic heterocycles. The zero-order valence-electron chi connectivity index (χ0n) is 12.6. The smallest absolute Gasteiger partial charge is 0.381 e. The van der Waals surface area contributed by atoms with Gasteiger partial charge in [0.2, 0.25) is 0 Å². The summed E-state index contributed by atoms with van der Waals surface area (Å²) in [6, 6.07) is 12.5. The third kappa shape index (κ3) is 2.01. The highest BCUT2D eigenvalue weighted by Crippen LogP contribution is 2.49. The molecule has 1 atom stereocenters. The fourth-order valence-electron chi connectivity index (χ4n) is 3.11. The van der Waals surface area contributed by atoms with Crippen molar-refractivity contribution in [2.75, 3.05) is 5.32 Å². The van der Waals surface area contributed by atoms with Crippen LogP contribution in [0.5, 0.6) is 0 Å². The van der Waals surface area contributed by atoms with E-state index in [9.17, 15) is 19.5 Å². The second-order valence-electron chi connectivity index (χ2n) is 5.63. The van der Waals surface area contributed by atoms with Gasteiger partial charge in [0.15, 0.2) is 0 Å². The summed E-state index contributed by atoms with van der Waals surface area (Å²) in [4.78, 5) is 37.0. The zero-order chi connectivity index (χ0) is 17.8. The van der Waals surface area contributed by atoms with E-state index in [0.717, 1.165) is 0 Å². The van der Waals surface area contributed by atoms with Crippen molar-refractivity contribution in [3.8, 4) is 0 Å². The van der Waals surface area contributed by atoms with E-state index in [0.29, 0.717) is 16.3 Å². The van der Waals surface area contributed by atoms with Gasteiger partial charge in [-0.2, -0.15) is 0 Å². The van der Waals surface area contributed by atoms with Crippen molar-refractivity contribution in [1.29, 1.82) is 0 Å². The van der Waals surface area contributed by atoms with Crippen LogP contribution in [-0.4, -0.2) is 22.8 Å². The van der Waals surface area contributed by atoms with Crippen LogP contribution in [0, 0.1) is 0 Å². The van der Waals surface area contributed by atoms with Gasteiger partial charge in [0.05, 0.1) is 0 Å². The molecule has 6 nitrogen and oxygen atoms in total. The standard InChI is InChI=1S/C18H10ClNO5/c19-10-7-5-9(6-8-10)14(21)13-15(22)16(23)25-18(13)11-3-1-2-4-12(11)20-17(18)24/h1-8,21H,(H,20,24). The first-order valence-electron chi connectivity index (χ1n) is 7.33. The van der Waals surface area contributed by atoms with E-state index in [1.54, 1.807) is 24.3 Å². The number of fused-ring (bicyclic) bond motifs is 2. The SMILES string of the molecule is O=C1OC2(C(=O)Nc3ccccc32)C(=C(O)c2ccc(Cl)cc2)C1=O. The van der Waals surface area contributed by atoms with Crippen molar-refractivity contribution in [3.05, 3.63) is 70.3 Å². The zero-order valence-corrected chi connectivity index (χ0v) is 13.3. The van der Waals surface area contributed by atoms with E-state index in [1.165, 1.54) is 24.3 Å². The minimum Gasteiger partial charge on any atom is -0.507 e. The van der Waals surface area contributed by atoms with Gasteiger partial charge >= 0.3 is 5.97 Å². The molecule has 1 amide bonds. The summed E-state index contributed by atoms with van der Waals surface area (Å²) in [6.45, 7) is 0. The number of benzene rings is 2. The molecule has 4 rings (SSSR count). The number of anilines is 1. The Kier molecular flexibility index (Phi) is 3.20. The van der Waals surface area contributed by atoms with Gasteiger partial charge < -0.3 is 15.2 Å². The van der Waals surface area contributed by atoms with Crippen LogP contribution in [-0.2, 0) is 24.7 Å². The summed E-state index contributed by atoms with van der Waals surface area (Å²) in [6.07, 6.45) is 0. The molecular formula is C18H10ClNO5. The highest BCUT2D eigenvalue weighted by atomic mass is 35.5. The molecule has 2 aliphatic rings. The number of aliphatic hydroxyl groups is 1. The van der Waals surface area contributed by atoms with E-state index >= 15 is 0 Å². The van der Waals surface area contributed by atoms with Crippen LogP contribution >= 0.6 is 11.6 Å². The molecule has 1 fully saturated rings. The molecule has 0 saturated carbocycles. The molecule has 0 bridgehead atoms. The van der Waals surface area contributed by atoms with Crippen molar-refractivity contribution in [3.63, 3.8) is 0 Å². The van der Waals surface area contributed by atoms with Crippen molar-refractivity contribution < 1.29 is 24.2 Å². The van der Waals surface area contributed by atoms with Crippen molar-refractivity contribution >= 4 is 40.7 Å². The second kappa shape index (κ2) is 5.19. The second-order valence-corrected chi connectivity index (χ2v) is 6.07. The van der Waals surface area contributed by atoms with Gasteiger partial charge in [-0.25, -0.2) is 4.79 Å². The largest absolute Gasteiger partial charge is 0.507 e. The summed E-state index contributed by atoms with van der Waals surface area (Å²) in [5, 5.41) is 13.7. The third-order valence-electron chi connectivity index (χ3n) is 4.24. The lowest BCUT2D eigenvalue weighted by atomic mass is 9.85. The number of amides is 1. The van der Waals surface area contributed by atoms with E-state index < -0.39 is 34.6 Å². The summed E-state index contributed by atoms with van der Waals surface area (Å²) in [5.74, 6) is -3.45. The molecule has 124 valence electrons. The number of hydrogen-bond donors (Lipinski definition) is 2. The Morgan fingerprint density at radius 3 is 2.44 bits per heavy atom. The highest BCUT2D eigenvalue weighted by molar-refractivity contribution is 6.47. The van der Waals surface area contributed by atoms with Gasteiger partial charge in [-0.1, -0.05) is 29.8 Å². The van der Waals surface area contributed by atoms with Gasteiger partial charge in [0, 0.05) is 21.8 Å². The molecule has 25 heavy (non-hydrogen) atoms. The number of ketones is 1. The lowest BCUT2D eigenvalue weighted by Crippen LogP contribution is -2.36. The summed E-state index contributed by atoms with van der Waals surface area (Å²) >= 11 is 5.83. The van der Waals surface area contributed by atoms with Gasteiger partial charge in [-0.15, -0.1) is 0 Å². The summed E-state index contributed by atoms with van der Waals surface area (Å²) in [5.41, 5.74) is -1.44. The fraction of sp³-hybridized carbons (Fsp3) is 0.0556. The molecule has 2 heterocycles. The average Bonchev–Trinajstić information content (AvgIpc) is 3.03. The number of esters is 1. The number of carbonyl (C=O) groups is 3. The molecule has 0 radical (unpaired) electrons. The molecule has 2 aromatic carbocycles. The van der Waals surface area contributed by atoms with Gasteiger partial charge in [-0.05, 0) is 30.3 Å². The van der Waals surface area contributed by atoms with Gasteiger partial charge in [0.25, 0.3) is 17.3 Å². The number of Topliss-reactive ketones (excluding diaryl/α,β-unsaturated/α-hetero) is 1. The Hall–Kier alpha value is -3.12. The lowest BCUT2D eigenvalue weighted by molar-refractivity contribution is -0.157. The number of carbonyl (C=O) groups excluding carboxylic acids is 3. The van der Waals surface area contributed by atoms with Crippen LogP contribution in [0.1, 0.15) is 11.1 Å². The Labute approximate surface area is 146 Å². The van der Waals surface area contributed by atoms with Crippen LogP contribution in [0.15, 0.2) is 54.1 Å². The van der Waals surface area contributed by atoms with Crippen molar-refractivity contribution in [2.45, 2.75) is 5.60 Å². The molecule has 2 N–H and O–H groups in total. The predicted molar refractivity (Wildman–Crippen MR) is 88.8 cm³/mol. The maximum Gasteiger partial charge on any atom is 0.381 e. The first-order valence-corrected chi connectivity index (χ1v) is 7.71. The normalized spacial score (nSPS) is 23.5. The predicted octanol–water partition coefficient (Wildman–Crippen LogP) is 2.58. The minimum atomic E-state index is -1.99. The van der Waals surface area contributed by atoms with Crippen LogP contribution in [0.2, 0.25) is 5.02 Å². The van der Waals surface area contributed by atoms with E-state index in [-0.39, 0.29) is 5.56 Å². The number of aliphatic hydroxyl groups excluding tert-OH is 1. The van der Waals surface area contributed by atoms with E-state index in [2.05, 4.69) is 5.32 Å². The minimum absolute atomic E-state index is 0.239. The number of hydrogen-bond acceptors (Lipinski definition) is 5. The van der Waals surface area contributed by atoms with Crippen LogP contribution in [0.25, 0.3) is 5.76 Å². The molecule has 0 aliphatic carbocycles. The topological polar surface area (TPSA) is 92.7 Å². The first-order chi connectivity index (χ1) is 11.9. The van der Waals surface area contributed by atoms with Gasteiger partial charge in [0.1, 0.15) is 11.3 Å². The maximum absolute atomic E-state index is 12.6. The Morgan fingerprint density at radius 1 is 1.04 bits per heavy atom. The molecule has 1 spiro atoms. The fourth-order valence-corrected chi connectivity index (χ4v) is 3.23. The van der Waals surface area contributed by atoms with Crippen molar-refractivity contribution in [1.82, 2.24) is 0 Å². The van der Waals surface area contributed by atoms with E-state index in [4.69, 9.17) is 16.3 Å². The molecule has 7 heteroatoms. The third-order valence-corrected chi connectivity index (χ3v) is 4.49. The Bertz CT molecular complexity index is 979. The number of nitrogens with one attached hydrogen (secondary N) is 1. The summed E-state index contributed by atoms with van der Waals surface area (Å²) in [7, 11) is 0. The number of halogens is 1. The van der Waals surface area contributed by atoms with Crippen LogP contribution in [0.4, 0.5) is 5.69 Å². The first kappa shape index (κ1) is 15.4. The number of para-hydroxylation sites is 1. The Morgan fingerprint density at radius 2 is 1.72 bits per heavy atom. The lowest BCUT2D eigenvalue weighted by Gasteiger charge is -2.21. The molecule has 1 saturated heterocycles. The molecule has 2 aromatic rings. The maximum atomic E-state index is 12.6. The van der Waals surface area contributed by atoms with Crippen LogP contribution < -0.4 is 5.32 Å². The number of rotatable bonds is 1.